The van der Waals surface area contributed by atoms with Gasteiger partial charge in [-0.25, -0.2) is 0 Å². The standard InChI is InChI=1S/C23H35N3O3/c1-5-11-24-23(29)21(25-22(28)19-8-6-7-17(4)15-19)18-9-12-26(13-10-18)20(27)14-16(2)3/h6-8,15-16,18,21H,5,9-14H2,1-4H3,(H,24,29)(H,25,28)/t21-/m0/s1. The second-order valence-corrected chi connectivity index (χ2v) is 8.43. The number of carbonyl (C=O) groups excluding carboxylic acids is 3. The number of aryl methyl sites for hydroxylation is 1. The van der Waals surface area contributed by atoms with Crippen molar-refractivity contribution in [3.63, 3.8) is 0 Å². The van der Waals surface area contributed by atoms with Crippen LogP contribution in [-0.4, -0.2) is 48.3 Å². The van der Waals surface area contributed by atoms with E-state index in [-0.39, 0.29) is 23.6 Å². The number of carbonyl (C=O) groups is 3. The summed E-state index contributed by atoms with van der Waals surface area (Å²) in [5.41, 5.74) is 1.56. The maximum Gasteiger partial charge on any atom is 0.251 e. The Balaban J connectivity index is 2.05. The molecule has 0 aliphatic carbocycles. The Hall–Kier alpha value is -2.37. The van der Waals surface area contributed by atoms with Crippen LogP contribution in [0.5, 0.6) is 0 Å². The summed E-state index contributed by atoms with van der Waals surface area (Å²) in [7, 11) is 0. The molecule has 6 heteroatoms. The first-order chi connectivity index (χ1) is 13.8. The van der Waals surface area contributed by atoms with E-state index < -0.39 is 6.04 Å². The van der Waals surface area contributed by atoms with Crippen LogP contribution in [0.1, 0.15) is 62.4 Å². The molecule has 1 aromatic rings. The van der Waals surface area contributed by atoms with Gasteiger partial charge in [-0.05, 0) is 50.2 Å². The van der Waals surface area contributed by atoms with Gasteiger partial charge in [-0.1, -0.05) is 38.5 Å². The molecule has 3 amide bonds. The van der Waals surface area contributed by atoms with Crippen molar-refractivity contribution in [2.45, 2.75) is 59.4 Å². The van der Waals surface area contributed by atoms with Crippen molar-refractivity contribution in [2.24, 2.45) is 11.8 Å². The van der Waals surface area contributed by atoms with E-state index >= 15 is 0 Å². The van der Waals surface area contributed by atoms with E-state index in [1.165, 1.54) is 0 Å². The van der Waals surface area contributed by atoms with Gasteiger partial charge >= 0.3 is 0 Å². The van der Waals surface area contributed by atoms with Crippen molar-refractivity contribution < 1.29 is 14.4 Å². The summed E-state index contributed by atoms with van der Waals surface area (Å²) in [4.78, 5) is 39.8. The average molecular weight is 402 g/mol. The molecule has 2 rings (SSSR count). The zero-order valence-corrected chi connectivity index (χ0v) is 18.2. The fraction of sp³-hybridized carbons (Fsp3) is 0.609. The highest BCUT2D eigenvalue weighted by Gasteiger charge is 2.33. The van der Waals surface area contributed by atoms with Gasteiger partial charge < -0.3 is 15.5 Å². The monoisotopic (exact) mass is 401 g/mol. The Labute approximate surface area is 174 Å². The zero-order chi connectivity index (χ0) is 21.4. The van der Waals surface area contributed by atoms with Crippen LogP contribution >= 0.6 is 0 Å². The second-order valence-electron chi connectivity index (χ2n) is 8.43. The molecule has 6 nitrogen and oxygen atoms in total. The molecule has 0 aromatic heterocycles. The number of rotatable bonds is 8. The molecule has 2 N–H and O–H groups in total. The highest BCUT2D eigenvalue weighted by molar-refractivity contribution is 5.97. The molecule has 1 aliphatic rings. The molecule has 0 spiro atoms. The second kappa shape index (κ2) is 11.0. The first-order valence-corrected chi connectivity index (χ1v) is 10.7. The van der Waals surface area contributed by atoms with Crippen molar-refractivity contribution in [1.82, 2.24) is 15.5 Å². The Morgan fingerprint density at radius 3 is 2.45 bits per heavy atom. The number of likely N-dealkylation sites (tertiary alicyclic amines) is 1. The SMILES string of the molecule is CCCNC(=O)[C@@H](NC(=O)c1cccc(C)c1)C1CCN(C(=O)CC(C)C)CC1. The van der Waals surface area contributed by atoms with E-state index in [1.54, 1.807) is 6.07 Å². The molecule has 1 saturated heterocycles. The lowest BCUT2D eigenvalue weighted by atomic mass is 9.88. The minimum atomic E-state index is -0.586. The summed E-state index contributed by atoms with van der Waals surface area (Å²) in [6.45, 7) is 9.87. The van der Waals surface area contributed by atoms with Crippen LogP contribution in [0.4, 0.5) is 0 Å². The summed E-state index contributed by atoms with van der Waals surface area (Å²) in [6.07, 6.45) is 2.81. The van der Waals surface area contributed by atoms with Crippen LogP contribution in [0, 0.1) is 18.8 Å². The largest absolute Gasteiger partial charge is 0.354 e. The van der Waals surface area contributed by atoms with E-state index in [9.17, 15) is 14.4 Å². The summed E-state index contributed by atoms with van der Waals surface area (Å²) in [5, 5.41) is 5.88. The van der Waals surface area contributed by atoms with Crippen LogP contribution in [0.3, 0.4) is 0 Å². The van der Waals surface area contributed by atoms with Crippen LogP contribution in [0.25, 0.3) is 0 Å². The summed E-state index contributed by atoms with van der Waals surface area (Å²) < 4.78 is 0. The van der Waals surface area contributed by atoms with Crippen molar-refractivity contribution >= 4 is 17.7 Å². The number of hydrogen-bond donors (Lipinski definition) is 2. The molecule has 1 atom stereocenters. The molecule has 0 bridgehead atoms. The van der Waals surface area contributed by atoms with E-state index in [0.29, 0.717) is 50.4 Å². The van der Waals surface area contributed by atoms with E-state index in [4.69, 9.17) is 0 Å². The lowest BCUT2D eigenvalue weighted by Crippen LogP contribution is -2.54. The highest BCUT2D eigenvalue weighted by Crippen LogP contribution is 2.23. The average Bonchev–Trinajstić information content (AvgIpc) is 2.69. The normalized spacial score (nSPS) is 15.8. The third-order valence-corrected chi connectivity index (χ3v) is 5.35. The summed E-state index contributed by atoms with van der Waals surface area (Å²) >= 11 is 0. The third-order valence-electron chi connectivity index (χ3n) is 5.35. The van der Waals surface area contributed by atoms with Gasteiger partial charge in [0.05, 0.1) is 0 Å². The van der Waals surface area contributed by atoms with Crippen molar-refractivity contribution in [1.29, 1.82) is 0 Å². The fourth-order valence-corrected chi connectivity index (χ4v) is 3.73. The lowest BCUT2D eigenvalue weighted by Gasteiger charge is -2.36. The quantitative estimate of drug-likeness (QED) is 0.703. The number of nitrogens with one attached hydrogen (secondary N) is 2. The van der Waals surface area contributed by atoms with Gasteiger partial charge in [-0.3, -0.25) is 14.4 Å². The molecule has 1 fully saturated rings. The van der Waals surface area contributed by atoms with E-state index in [2.05, 4.69) is 10.6 Å². The van der Waals surface area contributed by atoms with Crippen LogP contribution in [0.15, 0.2) is 24.3 Å². The Morgan fingerprint density at radius 2 is 1.86 bits per heavy atom. The van der Waals surface area contributed by atoms with Crippen molar-refractivity contribution in [3.05, 3.63) is 35.4 Å². The molecule has 29 heavy (non-hydrogen) atoms. The molecule has 1 aliphatic heterocycles. The van der Waals surface area contributed by atoms with E-state index in [0.717, 1.165) is 12.0 Å². The number of benzene rings is 1. The molecule has 0 unspecified atom stereocenters. The van der Waals surface area contributed by atoms with Gasteiger partial charge in [0.25, 0.3) is 5.91 Å². The Bertz CT molecular complexity index is 709. The molecule has 1 heterocycles. The number of nitrogens with zero attached hydrogens (tertiary/aromatic N) is 1. The number of piperidine rings is 1. The van der Waals surface area contributed by atoms with Gasteiger partial charge in [0.1, 0.15) is 6.04 Å². The smallest absolute Gasteiger partial charge is 0.251 e. The summed E-state index contributed by atoms with van der Waals surface area (Å²) in [5.74, 6) is 0.155. The topological polar surface area (TPSA) is 78.5 Å². The van der Waals surface area contributed by atoms with Gasteiger partial charge in [-0.15, -0.1) is 0 Å². The lowest BCUT2D eigenvalue weighted by molar-refractivity contribution is -0.133. The van der Waals surface area contributed by atoms with E-state index in [1.807, 2.05) is 50.8 Å². The molecule has 160 valence electrons. The predicted octanol–water partition coefficient (Wildman–Crippen LogP) is 2.90. The third kappa shape index (κ3) is 6.87. The molecule has 1 aromatic carbocycles. The van der Waals surface area contributed by atoms with Gasteiger partial charge in [0, 0.05) is 31.6 Å². The van der Waals surface area contributed by atoms with Crippen molar-refractivity contribution in [3.8, 4) is 0 Å². The highest BCUT2D eigenvalue weighted by atomic mass is 16.2. The van der Waals surface area contributed by atoms with Crippen LogP contribution < -0.4 is 10.6 Å². The van der Waals surface area contributed by atoms with Crippen LogP contribution in [0.2, 0.25) is 0 Å². The minimum absolute atomic E-state index is 0.0173. The number of hydrogen-bond acceptors (Lipinski definition) is 3. The Morgan fingerprint density at radius 1 is 1.17 bits per heavy atom. The molecular formula is C23H35N3O3. The Kier molecular flexibility index (Phi) is 8.68. The van der Waals surface area contributed by atoms with Gasteiger partial charge in [-0.2, -0.15) is 0 Å². The van der Waals surface area contributed by atoms with Crippen LogP contribution in [-0.2, 0) is 9.59 Å². The summed E-state index contributed by atoms with van der Waals surface area (Å²) in [6, 6.07) is 6.78. The zero-order valence-electron chi connectivity index (χ0n) is 18.2. The first-order valence-electron chi connectivity index (χ1n) is 10.7. The molecule has 0 radical (unpaired) electrons. The first kappa shape index (κ1) is 22.9. The van der Waals surface area contributed by atoms with Crippen molar-refractivity contribution in [2.75, 3.05) is 19.6 Å². The fourth-order valence-electron chi connectivity index (χ4n) is 3.73. The predicted molar refractivity (Wildman–Crippen MR) is 114 cm³/mol. The maximum absolute atomic E-state index is 12.8. The van der Waals surface area contributed by atoms with Gasteiger partial charge in [0.15, 0.2) is 0 Å². The molecular weight excluding hydrogens is 366 g/mol. The number of amides is 3. The minimum Gasteiger partial charge on any atom is -0.354 e. The molecule has 0 saturated carbocycles. The van der Waals surface area contributed by atoms with Gasteiger partial charge in [0.2, 0.25) is 11.8 Å². The maximum atomic E-state index is 12.8.